The largest absolute Gasteiger partial charge is 0.460 e. The summed E-state index contributed by atoms with van der Waals surface area (Å²) >= 11 is 0. The van der Waals surface area contributed by atoms with E-state index in [2.05, 4.69) is 27.7 Å². The summed E-state index contributed by atoms with van der Waals surface area (Å²) in [6.07, 6.45) is 1.46. The molecule has 0 aliphatic heterocycles. The summed E-state index contributed by atoms with van der Waals surface area (Å²) in [6.45, 7) is 18.1. The van der Waals surface area contributed by atoms with Gasteiger partial charge in [0.2, 0.25) is 0 Å². The van der Waals surface area contributed by atoms with E-state index >= 15 is 0 Å². The monoisotopic (exact) mass is 372 g/mol. The maximum Gasteiger partial charge on any atom is 0.309 e. The van der Waals surface area contributed by atoms with E-state index in [0.717, 1.165) is 12.8 Å². The maximum absolute atomic E-state index is 12.4. The number of esters is 2. The number of hydrogen-bond donors (Lipinski definition) is 0. The van der Waals surface area contributed by atoms with Crippen molar-refractivity contribution in [3.05, 3.63) is 0 Å². The van der Waals surface area contributed by atoms with Gasteiger partial charge in [-0.15, -0.1) is 0 Å². The minimum Gasteiger partial charge on any atom is -0.460 e. The molecular formula is C21H40O5. The predicted octanol–water partition coefficient (Wildman–Crippen LogP) is 4.76. The van der Waals surface area contributed by atoms with Crippen LogP contribution in [-0.2, 0) is 23.8 Å². The zero-order valence-electron chi connectivity index (χ0n) is 18.3. The van der Waals surface area contributed by atoms with Gasteiger partial charge in [-0.05, 0) is 39.5 Å². The van der Waals surface area contributed by atoms with Gasteiger partial charge in [0.25, 0.3) is 0 Å². The minimum atomic E-state index is -0.556. The Morgan fingerprint density at radius 3 is 1.92 bits per heavy atom. The van der Waals surface area contributed by atoms with Crippen LogP contribution in [0.2, 0.25) is 0 Å². The highest BCUT2D eigenvalue weighted by Gasteiger charge is 2.31. The average Bonchev–Trinajstić information content (AvgIpc) is 2.48. The van der Waals surface area contributed by atoms with Gasteiger partial charge in [-0.25, -0.2) is 0 Å². The molecule has 0 bridgehead atoms. The van der Waals surface area contributed by atoms with Crippen molar-refractivity contribution in [3.63, 3.8) is 0 Å². The molecular weight excluding hydrogens is 332 g/mol. The molecule has 0 aromatic carbocycles. The first-order valence-electron chi connectivity index (χ1n) is 9.95. The highest BCUT2D eigenvalue weighted by Crippen LogP contribution is 2.23. The molecule has 0 aliphatic rings. The summed E-state index contributed by atoms with van der Waals surface area (Å²) < 4.78 is 17.0. The van der Waals surface area contributed by atoms with Crippen LogP contribution in [0, 0.1) is 17.8 Å². The van der Waals surface area contributed by atoms with Crippen LogP contribution in [0.4, 0.5) is 0 Å². The van der Waals surface area contributed by atoms with Gasteiger partial charge < -0.3 is 14.2 Å². The van der Waals surface area contributed by atoms with Gasteiger partial charge in [-0.3, -0.25) is 9.59 Å². The lowest BCUT2D eigenvalue weighted by molar-refractivity contribution is -0.169. The summed E-state index contributed by atoms with van der Waals surface area (Å²) in [6, 6.07) is 0. The lowest BCUT2D eigenvalue weighted by Gasteiger charge is -2.31. The van der Waals surface area contributed by atoms with Crippen LogP contribution < -0.4 is 0 Å². The summed E-state index contributed by atoms with van der Waals surface area (Å²) in [7, 11) is 0. The fourth-order valence-corrected chi connectivity index (χ4v) is 2.79. The van der Waals surface area contributed by atoms with Crippen molar-refractivity contribution >= 4 is 11.9 Å². The lowest BCUT2D eigenvalue weighted by atomic mass is 9.93. The van der Waals surface area contributed by atoms with Gasteiger partial charge in [0.05, 0.1) is 18.4 Å². The molecule has 5 nitrogen and oxygen atoms in total. The van der Waals surface area contributed by atoms with Crippen molar-refractivity contribution in [2.24, 2.45) is 17.8 Å². The van der Waals surface area contributed by atoms with Crippen LogP contribution in [0.5, 0.6) is 0 Å². The van der Waals surface area contributed by atoms with Crippen molar-refractivity contribution in [2.45, 2.75) is 99.4 Å². The van der Waals surface area contributed by atoms with Crippen molar-refractivity contribution in [1.29, 1.82) is 0 Å². The summed E-state index contributed by atoms with van der Waals surface area (Å²) in [5.41, 5.74) is -0.556. The van der Waals surface area contributed by atoms with E-state index in [1.54, 1.807) is 6.92 Å². The molecule has 0 N–H and O–H groups in total. The smallest absolute Gasteiger partial charge is 0.309 e. The molecule has 26 heavy (non-hydrogen) atoms. The molecule has 0 aromatic rings. The highest BCUT2D eigenvalue weighted by molar-refractivity contribution is 5.79. The molecule has 0 fully saturated rings. The molecule has 0 amide bonds. The predicted molar refractivity (Wildman–Crippen MR) is 104 cm³/mol. The molecule has 0 saturated heterocycles. The Hall–Kier alpha value is -1.10. The third-order valence-electron chi connectivity index (χ3n) is 4.20. The molecule has 154 valence electrons. The summed E-state index contributed by atoms with van der Waals surface area (Å²) in [5.74, 6) is -0.562. The zero-order chi connectivity index (χ0) is 20.5. The molecule has 0 aliphatic carbocycles. The molecule has 0 saturated carbocycles. The van der Waals surface area contributed by atoms with Crippen LogP contribution in [0.3, 0.4) is 0 Å². The molecule has 0 unspecified atom stereocenters. The van der Waals surface area contributed by atoms with Gasteiger partial charge in [-0.2, -0.15) is 0 Å². The average molecular weight is 373 g/mol. The summed E-state index contributed by atoms with van der Waals surface area (Å²) in [5, 5.41) is 0. The van der Waals surface area contributed by atoms with Crippen molar-refractivity contribution in [2.75, 3.05) is 6.61 Å². The van der Waals surface area contributed by atoms with Crippen molar-refractivity contribution < 1.29 is 23.8 Å². The highest BCUT2D eigenvalue weighted by atomic mass is 16.6. The Labute approximate surface area is 160 Å². The van der Waals surface area contributed by atoms with Crippen molar-refractivity contribution in [1.82, 2.24) is 0 Å². The first-order chi connectivity index (χ1) is 11.9. The number of rotatable bonds is 11. The molecule has 0 rings (SSSR count). The Morgan fingerprint density at radius 2 is 1.50 bits per heavy atom. The third-order valence-corrected chi connectivity index (χ3v) is 4.20. The molecule has 0 heterocycles. The van der Waals surface area contributed by atoms with Crippen LogP contribution in [-0.4, -0.2) is 36.4 Å². The van der Waals surface area contributed by atoms with Crippen molar-refractivity contribution in [3.8, 4) is 0 Å². The van der Waals surface area contributed by atoms with E-state index in [-0.39, 0.29) is 30.6 Å². The quantitative estimate of drug-likeness (QED) is 0.489. The molecule has 3 atom stereocenters. The number of carbonyl (C=O) groups excluding carboxylic acids is 2. The fraction of sp³-hybridized carbons (Fsp3) is 0.905. The second-order valence-electron chi connectivity index (χ2n) is 8.60. The van der Waals surface area contributed by atoms with E-state index in [1.807, 2.05) is 27.7 Å². The Morgan fingerprint density at radius 1 is 0.962 bits per heavy atom. The summed E-state index contributed by atoms with van der Waals surface area (Å²) in [4.78, 5) is 24.3. The minimum absolute atomic E-state index is 0.0192. The molecule has 0 aromatic heterocycles. The van der Waals surface area contributed by atoms with E-state index in [0.29, 0.717) is 18.4 Å². The second kappa shape index (κ2) is 11.6. The fourth-order valence-electron chi connectivity index (χ4n) is 2.79. The number of carbonyl (C=O) groups is 2. The lowest BCUT2D eigenvalue weighted by Crippen LogP contribution is -2.39. The van der Waals surface area contributed by atoms with Crippen LogP contribution in [0.1, 0.15) is 81.6 Å². The molecule has 5 heteroatoms. The normalized spacial score (nSPS) is 15.7. The molecule has 0 spiro atoms. The number of ether oxygens (including phenoxy) is 3. The topological polar surface area (TPSA) is 61.8 Å². The van der Waals surface area contributed by atoms with E-state index in [4.69, 9.17) is 14.2 Å². The third kappa shape index (κ3) is 10.1. The Balaban J connectivity index is 4.80. The second-order valence-corrected chi connectivity index (χ2v) is 8.60. The van der Waals surface area contributed by atoms with Crippen LogP contribution in [0.15, 0.2) is 0 Å². The zero-order valence-corrected chi connectivity index (χ0v) is 18.3. The van der Waals surface area contributed by atoms with E-state index in [9.17, 15) is 9.59 Å². The number of hydrogen-bond acceptors (Lipinski definition) is 5. The Bertz CT molecular complexity index is 421. The van der Waals surface area contributed by atoms with Gasteiger partial charge in [-0.1, -0.05) is 47.5 Å². The first kappa shape index (κ1) is 24.9. The van der Waals surface area contributed by atoms with Crippen LogP contribution >= 0.6 is 0 Å². The molecule has 0 radical (unpaired) electrons. The van der Waals surface area contributed by atoms with Crippen LogP contribution in [0.25, 0.3) is 0 Å². The van der Waals surface area contributed by atoms with Gasteiger partial charge >= 0.3 is 11.9 Å². The Kier molecular flexibility index (Phi) is 11.1. The SMILES string of the molecule is CCC(CC)[C@@H](OCC(C)C)[C@H](C)OC(=O)[C@H](C)CC(=O)OC(C)(C)C. The van der Waals surface area contributed by atoms with E-state index < -0.39 is 11.5 Å². The maximum atomic E-state index is 12.4. The van der Waals surface area contributed by atoms with E-state index in [1.165, 1.54) is 0 Å². The standard InChI is InChI=1S/C21H40O5/c1-10-17(11-2)19(24-13-14(3)4)16(6)25-20(23)15(5)12-18(22)26-21(7,8)9/h14-17,19H,10-13H2,1-9H3/t15-,16+,19+/m1/s1. The van der Waals surface area contributed by atoms with Gasteiger partial charge in [0, 0.05) is 6.61 Å². The first-order valence-corrected chi connectivity index (χ1v) is 9.95. The van der Waals surface area contributed by atoms with Gasteiger partial charge in [0.15, 0.2) is 0 Å². The van der Waals surface area contributed by atoms with Gasteiger partial charge in [0.1, 0.15) is 11.7 Å².